The summed E-state index contributed by atoms with van der Waals surface area (Å²) in [4.78, 5) is 21.8. The Kier molecular flexibility index (Phi) is 7.58. The molecule has 0 aliphatic carbocycles. The molecule has 0 unspecified atom stereocenters. The lowest BCUT2D eigenvalue weighted by Gasteiger charge is -2.22. The number of ether oxygens (including phenoxy) is 2. The Balaban J connectivity index is 2.00. The van der Waals surface area contributed by atoms with Crippen LogP contribution < -0.4 is 14.4 Å². The maximum atomic E-state index is 13.4. The fourth-order valence-electron chi connectivity index (χ4n) is 3.08. The van der Waals surface area contributed by atoms with Gasteiger partial charge < -0.3 is 14.4 Å². The summed E-state index contributed by atoms with van der Waals surface area (Å²) in [5.41, 5.74) is 1.07. The summed E-state index contributed by atoms with van der Waals surface area (Å²) < 4.78 is 37.4. The third-order valence-electron chi connectivity index (χ3n) is 5.01. The number of methoxy groups -OCH3 is 2. The Bertz CT molecular complexity index is 1200. The highest BCUT2D eigenvalue weighted by molar-refractivity contribution is 7.89. The summed E-state index contributed by atoms with van der Waals surface area (Å²) >= 11 is 1.38. The Morgan fingerprint density at radius 3 is 2.12 bits per heavy atom. The molecule has 0 fully saturated rings. The molecule has 0 aliphatic heterocycles. The predicted molar refractivity (Wildman–Crippen MR) is 130 cm³/mol. The first-order valence-corrected chi connectivity index (χ1v) is 12.4. The largest absolute Gasteiger partial charge is 0.493 e. The summed E-state index contributed by atoms with van der Waals surface area (Å²) in [6.45, 7) is 1.04. The number of likely N-dealkylation sites (N-methyl/N-ethyl adjacent to an activating group) is 1. The van der Waals surface area contributed by atoms with Crippen LogP contribution in [0.15, 0.2) is 41.3 Å². The molecule has 0 bridgehead atoms. The number of benzene rings is 2. The molecule has 0 spiro atoms. The summed E-state index contributed by atoms with van der Waals surface area (Å²) in [5.74, 6) is 0.887. The lowest BCUT2D eigenvalue weighted by molar-refractivity contribution is 0.0985. The normalized spacial score (nSPS) is 11.9. The molecular formula is C22H28N4O5S2. The molecule has 1 aromatic heterocycles. The molecule has 1 amide bonds. The molecule has 0 saturated heterocycles. The number of fused-ring (bicyclic) bond motifs is 1. The van der Waals surface area contributed by atoms with Gasteiger partial charge in [-0.3, -0.25) is 9.69 Å². The topological polar surface area (TPSA) is 92.3 Å². The second-order valence-corrected chi connectivity index (χ2v) is 10.9. The standard InChI is InChI=1S/C22H28N4O5S2/c1-24(2)11-12-26(21(27)15-7-9-16(10-8-15)33(28,29)25(3)4)22-23-17-13-18(30-5)19(31-6)14-20(17)32-22/h7-10,13-14H,11-12H2,1-6H3. The van der Waals surface area contributed by atoms with E-state index in [2.05, 4.69) is 4.98 Å². The van der Waals surface area contributed by atoms with Crippen LogP contribution in [0.4, 0.5) is 5.13 Å². The van der Waals surface area contributed by atoms with Gasteiger partial charge in [-0.15, -0.1) is 0 Å². The van der Waals surface area contributed by atoms with Crippen molar-refractivity contribution < 1.29 is 22.7 Å². The van der Waals surface area contributed by atoms with Gasteiger partial charge in [-0.05, 0) is 38.4 Å². The summed E-state index contributed by atoms with van der Waals surface area (Å²) in [6, 6.07) is 9.57. The highest BCUT2D eigenvalue weighted by atomic mass is 32.2. The minimum absolute atomic E-state index is 0.128. The lowest BCUT2D eigenvalue weighted by atomic mass is 10.2. The average Bonchev–Trinajstić information content (AvgIpc) is 3.20. The molecule has 178 valence electrons. The Morgan fingerprint density at radius 1 is 0.970 bits per heavy atom. The van der Waals surface area contributed by atoms with Gasteiger partial charge in [0.15, 0.2) is 16.6 Å². The van der Waals surface area contributed by atoms with Gasteiger partial charge in [0.2, 0.25) is 10.0 Å². The number of hydrogen-bond donors (Lipinski definition) is 0. The van der Waals surface area contributed by atoms with E-state index in [9.17, 15) is 13.2 Å². The Hall–Kier alpha value is -2.73. The van der Waals surface area contributed by atoms with Crippen LogP contribution in [0.25, 0.3) is 10.2 Å². The van der Waals surface area contributed by atoms with Crippen LogP contribution in [0, 0.1) is 0 Å². The van der Waals surface area contributed by atoms with Crippen LogP contribution >= 0.6 is 11.3 Å². The van der Waals surface area contributed by atoms with Crippen LogP contribution in [0.2, 0.25) is 0 Å². The summed E-state index contributed by atoms with van der Waals surface area (Å²) in [7, 11) is 6.34. The van der Waals surface area contributed by atoms with Crippen LogP contribution in [0.1, 0.15) is 10.4 Å². The van der Waals surface area contributed by atoms with Crippen molar-refractivity contribution in [2.75, 3.05) is 60.4 Å². The second kappa shape index (κ2) is 10.0. The van der Waals surface area contributed by atoms with E-state index in [1.54, 1.807) is 25.2 Å². The Labute approximate surface area is 198 Å². The molecule has 9 nitrogen and oxygen atoms in total. The van der Waals surface area contributed by atoms with Crippen molar-refractivity contribution in [3.05, 3.63) is 42.0 Å². The Morgan fingerprint density at radius 2 is 1.58 bits per heavy atom. The van der Waals surface area contributed by atoms with Gasteiger partial charge in [0.05, 0.1) is 29.3 Å². The number of carbonyl (C=O) groups is 1. The number of nitrogens with zero attached hydrogens (tertiary/aromatic N) is 4. The van der Waals surface area contributed by atoms with E-state index in [-0.39, 0.29) is 10.8 Å². The highest BCUT2D eigenvalue weighted by Crippen LogP contribution is 2.37. The minimum Gasteiger partial charge on any atom is -0.493 e. The highest BCUT2D eigenvalue weighted by Gasteiger charge is 2.24. The van der Waals surface area contributed by atoms with E-state index in [1.165, 1.54) is 49.7 Å². The summed E-state index contributed by atoms with van der Waals surface area (Å²) in [6.07, 6.45) is 0. The fraction of sp³-hybridized carbons (Fsp3) is 0.364. The number of amides is 1. The fourth-order valence-corrected chi connectivity index (χ4v) is 4.98. The number of hydrogen-bond acceptors (Lipinski definition) is 8. The van der Waals surface area contributed by atoms with Crippen molar-refractivity contribution in [1.82, 2.24) is 14.2 Å². The van der Waals surface area contributed by atoms with Crippen LogP contribution in [-0.4, -0.2) is 84.0 Å². The molecule has 0 aliphatic rings. The van der Waals surface area contributed by atoms with Crippen molar-refractivity contribution in [3.63, 3.8) is 0 Å². The first-order valence-electron chi connectivity index (χ1n) is 10.1. The molecule has 3 rings (SSSR count). The maximum absolute atomic E-state index is 13.4. The van der Waals surface area contributed by atoms with Gasteiger partial charge in [-0.25, -0.2) is 17.7 Å². The van der Waals surface area contributed by atoms with E-state index in [1.807, 2.05) is 25.1 Å². The molecule has 2 aromatic carbocycles. The van der Waals surface area contributed by atoms with Gasteiger partial charge in [0.1, 0.15) is 0 Å². The van der Waals surface area contributed by atoms with E-state index in [4.69, 9.17) is 9.47 Å². The smallest absolute Gasteiger partial charge is 0.260 e. The van der Waals surface area contributed by atoms with Crippen LogP contribution in [0.5, 0.6) is 11.5 Å². The number of aromatic nitrogens is 1. The number of thiazole rings is 1. The maximum Gasteiger partial charge on any atom is 0.260 e. The van der Waals surface area contributed by atoms with Crippen molar-refractivity contribution in [3.8, 4) is 11.5 Å². The lowest BCUT2D eigenvalue weighted by Crippen LogP contribution is -2.36. The second-order valence-electron chi connectivity index (χ2n) is 7.74. The zero-order valence-electron chi connectivity index (χ0n) is 19.5. The zero-order chi connectivity index (χ0) is 24.3. The number of anilines is 1. The van der Waals surface area contributed by atoms with Crippen LogP contribution in [0.3, 0.4) is 0 Å². The first kappa shape index (κ1) is 24.9. The van der Waals surface area contributed by atoms with E-state index < -0.39 is 10.0 Å². The molecule has 11 heteroatoms. The molecule has 3 aromatic rings. The molecular weight excluding hydrogens is 464 g/mol. The van der Waals surface area contributed by atoms with Crippen molar-refractivity contribution in [2.45, 2.75) is 4.90 Å². The molecule has 0 saturated carbocycles. The van der Waals surface area contributed by atoms with Crippen molar-refractivity contribution in [2.24, 2.45) is 0 Å². The van der Waals surface area contributed by atoms with E-state index in [0.717, 1.165) is 9.01 Å². The monoisotopic (exact) mass is 492 g/mol. The van der Waals surface area contributed by atoms with E-state index >= 15 is 0 Å². The minimum atomic E-state index is -3.58. The number of rotatable bonds is 9. The first-order chi connectivity index (χ1) is 15.6. The molecule has 0 N–H and O–H groups in total. The SMILES string of the molecule is COc1cc2nc(N(CCN(C)C)C(=O)c3ccc(S(=O)(=O)N(C)C)cc3)sc2cc1OC. The molecule has 0 radical (unpaired) electrons. The number of carbonyl (C=O) groups excluding carboxylic acids is 1. The molecule has 33 heavy (non-hydrogen) atoms. The third kappa shape index (κ3) is 5.27. The van der Waals surface area contributed by atoms with E-state index in [0.29, 0.717) is 40.8 Å². The zero-order valence-corrected chi connectivity index (χ0v) is 21.2. The van der Waals surface area contributed by atoms with Gasteiger partial charge >= 0.3 is 0 Å². The quantitative estimate of drug-likeness (QED) is 0.454. The van der Waals surface area contributed by atoms with Crippen molar-refractivity contribution >= 4 is 42.6 Å². The predicted octanol–water partition coefficient (Wildman–Crippen LogP) is 2.77. The average molecular weight is 493 g/mol. The van der Waals surface area contributed by atoms with Gasteiger partial charge in [0.25, 0.3) is 5.91 Å². The van der Waals surface area contributed by atoms with Gasteiger partial charge in [0, 0.05) is 44.9 Å². The van der Waals surface area contributed by atoms with Crippen LogP contribution in [-0.2, 0) is 10.0 Å². The third-order valence-corrected chi connectivity index (χ3v) is 7.88. The van der Waals surface area contributed by atoms with Gasteiger partial charge in [-0.2, -0.15) is 0 Å². The molecule has 1 heterocycles. The summed E-state index contributed by atoms with van der Waals surface area (Å²) in [5, 5.41) is 0.539. The van der Waals surface area contributed by atoms with Crippen molar-refractivity contribution in [1.29, 1.82) is 0 Å². The molecule has 0 atom stereocenters. The number of sulfonamides is 1. The van der Waals surface area contributed by atoms with Gasteiger partial charge in [-0.1, -0.05) is 11.3 Å².